The zero-order valence-electron chi connectivity index (χ0n) is 12.4. The maximum Gasteiger partial charge on any atom is 0.220 e. The Balaban J connectivity index is 1.67. The van der Waals surface area contributed by atoms with Gasteiger partial charge in [-0.1, -0.05) is 0 Å². The SMILES string of the molecule is C[C@@H](COc1ccc(F)cc1)NC(=O)CC1CCNCC1. The van der Waals surface area contributed by atoms with Crippen molar-refractivity contribution in [2.75, 3.05) is 19.7 Å². The topological polar surface area (TPSA) is 50.4 Å². The van der Waals surface area contributed by atoms with E-state index in [1.165, 1.54) is 12.1 Å². The molecule has 5 heteroatoms. The van der Waals surface area contributed by atoms with Gasteiger partial charge in [-0.3, -0.25) is 4.79 Å². The van der Waals surface area contributed by atoms with E-state index in [4.69, 9.17) is 4.74 Å². The molecule has 0 spiro atoms. The lowest BCUT2D eigenvalue weighted by atomic mass is 9.94. The van der Waals surface area contributed by atoms with E-state index in [-0.39, 0.29) is 17.8 Å². The minimum atomic E-state index is -0.286. The van der Waals surface area contributed by atoms with Crippen molar-refractivity contribution in [2.24, 2.45) is 5.92 Å². The Bertz CT molecular complexity index is 444. The summed E-state index contributed by atoms with van der Waals surface area (Å²) in [6, 6.07) is 5.81. The van der Waals surface area contributed by atoms with Gasteiger partial charge in [0, 0.05) is 6.42 Å². The van der Waals surface area contributed by atoms with Gasteiger partial charge in [0.05, 0.1) is 6.04 Å². The highest BCUT2D eigenvalue weighted by Crippen LogP contribution is 2.15. The van der Waals surface area contributed by atoms with Crippen LogP contribution in [0.2, 0.25) is 0 Å². The Morgan fingerprint density at radius 2 is 2.05 bits per heavy atom. The zero-order valence-corrected chi connectivity index (χ0v) is 12.4. The number of benzene rings is 1. The minimum absolute atomic E-state index is 0.0655. The van der Waals surface area contributed by atoms with Gasteiger partial charge in [-0.05, 0) is 63.0 Å². The number of piperidine rings is 1. The van der Waals surface area contributed by atoms with Crippen LogP contribution in [0, 0.1) is 11.7 Å². The molecule has 1 aliphatic heterocycles. The minimum Gasteiger partial charge on any atom is -0.491 e. The van der Waals surface area contributed by atoms with Crippen molar-refractivity contribution >= 4 is 5.91 Å². The molecule has 0 radical (unpaired) electrons. The summed E-state index contributed by atoms with van der Waals surface area (Å²) in [6.07, 6.45) is 2.71. The highest BCUT2D eigenvalue weighted by atomic mass is 19.1. The molecule has 1 heterocycles. The summed E-state index contributed by atoms with van der Waals surface area (Å²) < 4.78 is 18.3. The Morgan fingerprint density at radius 1 is 1.38 bits per heavy atom. The Hall–Kier alpha value is -1.62. The Labute approximate surface area is 125 Å². The highest BCUT2D eigenvalue weighted by molar-refractivity contribution is 5.76. The van der Waals surface area contributed by atoms with E-state index in [1.807, 2.05) is 6.92 Å². The van der Waals surface area contributed by atoms with E-state index in [0.29, 0.717) is 24.7 Å². The molecule has 0 aromatic heterocycles. The van der Waals surface area contributed by atoms with Crippen molar-refractivity contribution in [2.45, 2.75) is 32.2 Å². The number of nitrogens with one attached hydrogen (secondary N) is 2. The van der Waals surface area contributed by atoms with Gasteiger partial charge in [0.2, 0.25) is 5.91 Å². The lowest BCUT2D eigenvalue weighted by molar-refractivity contribution is -0.123. The van der Waals surface area contributed by atoms with Crippen LogP contribution in [-0.4, -0.2) is 31.6 Å². The van der Waals surface area contributed by atoms with Gasteiger partial charge in [0.1, 0.15) is 18.2 Å². The number of halogens is 1. The summed E-state index contributed by atoms with van der Waals surface area (Å²) >= 11 is 0. The summed E-state index contributed by atoms with van der Waals surface area (Å²) in [5.41, 5.74) is 0. The predicted octanol–water partition coefficient (Wildman–Crippen LogP) is 2.10. The van der Waals surface area contributed by atoms with Gasteiger partial charge in [-0.2, -0.15) is 0 Å². The fraction of sp³-hybridized carbons (Fsp3) is 0.562. The molecule has 0 saturated carbocycles. The van der Waals surface area contributed by atoms with Crippen LogP contribution < -0.4 is 15.4 Å². The second-order valence-electron chi connectivity index (χ2n) is 5.63. The molecule has 2 rings (SSSR count). The van der Waals surface area contributed by atoms with Crippen LogP contribution >= 0.6 is 0 Å². The molecule has 1 saturated heterocycles. The van der Waals surface area contributed by atoms with E-state index < -0.39 is 0 Å². The molecular formula is C16H23FN2O2. The second kappa shape index (κ2) is 7.98. The number of amides is 1. The molecule has 0 unspecified atom stereocenters. The van der Waals surface area contributed by atoms with Crippen molar-refractivity contribution in [3.05, 3.63) is 30.1 Å². The predicted molar refractivity (Wildman–Crippen MR) is 79.7 cm³/mol. The summed E-state index contributed by atoms with van der Waals surface area (Å²) in [5.74, 6) is 0.884. The molecule has 1 atom stereocenters. The monoisotopic (exact) mass is 294 g/mol. The van der Waals surface area contributed by atoms with E-state index >= 15 is 0 Å². The fourth-order valence-corrected chi connectivity index (χ4v) is 2.48. The molecule has 4 nitrogen and oxygen atoms in total. The van der Waals surface area contributed by atoms with Gasteiger partial charge in [-0.15, -0.1) is 0 Å². The van der Waals surface area contributed by atoms with Crippen LogP contribution in [0.25, 0.3) is 0 Å². The molecule has 21 heavy (non-hydrogen) atoms. The summed E-state index contributed by atoms with van der Waals surface area (Å²) in [4.78, 5) is 11.9. The quantitative estimate of drug-likeness (QED) is 0.845. The molecule has 1 aliphatic rings. The molecule has 2 N–H and O–H groups in total. The van der Waals surface area contributed by atoms with Crippen LogP contribution in [-0.2, 0) is 4.79 Å². The van der Waals surface area contributed by atoms with E-state index in [2.05, 4.69) is 10.6 Å². The first kappa shape index (κ1) is 15.8. The number of carbonyl (C=O) groups excluding carboxylic acids is 1. The molecule has 1 fully saturated rings. The summed E-state index contributed by atoms with van der Waals surface area (Å²) in [6.45, 7) is 4.29. The van der Waals surface area contributed by atoms with Crippen molar-refractivity contribution in [1.29, 1.82) is 0 Å². The van der Waals surface area contributed by atoms with Gasteiger partial charge in [-0.25, -0.2) is 4.39 Å². The maximum atomic E-state index is 12.8. The van der Waals surface area contributed by atoms with Gasteiger partial charge >= 0.3 is 0 Å². The lowest BCUT2D eigenvalue weighted by Gasteiger charge is -2.23. The number of hydrogen-bond acceptors (Lipinski definition) is 3. The Kier molecular flexibility index (Phi) is 5.99. The summed E-state index contributed by atoms with van der Waals surface area (Å²) in [5, 5.41) is 6.24. The van der Waals surface area contributed by atoms with Crippen molar-refractivity contribution in [3.8, 4) is 5.75 Å². The van der Waals surface area contributed by atoms with Crippen LogP contribution in [0.3, 0.4) is 0 Å². The number of rotatable bonds is 6. The second-order valence-corrected chi connectivity index (χ2v) is 5.63. The van der Waals surface area contributed by atoms with Crippen LogP contribution in [0.15, 0.2) is 24.3 Å². The van der Waals surface area contributed by atoms with E-state index in [1.54, 1.807) is 12.1 Å². The van der Waals surface area contributed by atoms with Gasteiger partial charge in [0.25, 0.3) is 0 Å². The largest absolute Gasteiger partial charge is 0.491 e. The smallest absolute Gasteiger partial charge is 0.220 e. The van der Waals surface area contributed by atoms with Crippen molar-refractivity contribution in [3.63, 3.8) is 0 Å². The molecule has 1 aromatic rings. The first-order chi connectivity index (χ1) is 10.1. The average molecular weight is 294 g/mol. The van der Waals surface area contributed by atoms with Crippen LogP contribution in [0.5, 0.6) is 5.75 Å². The molecule has 116 valence electrons. The number of hydrogen-bond donors (Lipinski definition) is 2. The average Bonchev–Trinajstić information content (AvgIpc) is 2.47. The lowest BCUT2D eigenvalue weighted by Crippen LogP contribution is -2.39. The fourth-order valence-electron chi connectivity index (χ4n) is 2.48. The van der Waals surface area contributed by atoms with Crippen molar-refractivity contribution in [1.82, 2.24) is 10.6 Å². The molecule has 0 bridgehead atoms. The molecular weight excluding hydrogens is 271 g/mol. The first-order valence-electron chi connectivity index (χ1n) is 7.52. The molecule has 0 aliphatic carbocycles. The van der Waals surface area contributed by atoms with Crippen molar-refractivity contribution < 1.29 is 13.9 Å². The summed E-state index contributed by atoms with van der Waals surface area (Å²) in [7, 11) is 0. The zero-order chi connectivity index (χ0) is 15.1. The first-order valence-corrected chi connectivity index (χ1v) is 7.52. The highest BCUT2D eigenvalue weighted by Gasteiger charge is 2.17. The molecule has 1 amide bonds. The van der Waals surface area contributed by atoms with Crippen LogP contribution in [0.1, 0.15) is 26.2 Å². The van der Waals surface area contributed by atoms with E-state index in [0.717, 1.165) is 25.9 Å². The Morgan fingerprint density at radius 3 is 2.71 bits per heavy atom. The van der Waals surface area contributed by atoms with E-state index in [9.17, 15) is 9.18 Å². The van der Waals surface area contributed by atoms with Crippen LogP contribution in [0.4, 0.5) is 4.39 Å². The maximum absolute atomic E-state index is 12.8. The van der Waals surface area contributed by atoms with Gasteiger partial charge in [0.15, 0.2) is 0 Å². The number of carbonyl (C=O) groups is 1. The molecule has 1 aromatic carbocycles. The van der Waals surface area contributed by atoms with Gasteiger partial charge < -0.3 is 15.4 Å². The normalized spacial score (nSPS) is 17.2. The third-order valence-electron chi connectivity index (χ3n) is 3.65. The number of ether oxygens (including phenoxy) is 1. The third kappa shape index (κ3) is 5.71. The standard InChI is InChI=1S/C16H23FN2O2/c1-12(11-21-15-4-2-14(17)3-5-15)19-16(20)10-13-6-8-18-9-7-13/h2-5,12-13,18H,6-11H2,1H3,(H,19,20)/t12-/m0/s1. The third-order valence-corrected chi connectivity index (χ3v) is 3.65.